The molecule has 0 unspecified atom stereocenters. The molecule has 2 aliphatic carbocycles. The fourth-order valence-electron chi connectivity index (χ4n) is 6.03. The van der Waals surface area contributed by atoms with E-state index < -0.39 is 81.3 Å². The number of aryl methyl sites for hydroxylation is 1. The third kappa shape index (κ3) is 4.83. The lowest BCUT2D eigenvalue weighted by Gasteiger charge is -2.39. The van der Waals surface area contributed by atoms with Crippen molar-refractivity contribution in [3.8, 4) is 0 Å². The molecule has 2 amide bonds. The van der Waals surface area contributed by atoms with Crippen LogP contribution in [-0.2, 0) is 9.53 Å². The van der Waals surface area contributed by atoms with Crippen molar-refractivity contribution < 1.29 is 37.4 Å². The van der Waals surface area contributed by atoms with Crippen LogP contribution >= 0.6 is 0 Å². The maximum absolute atomic E-state index is 16.8. The zero-order valence-electron chi connectivity index (χ0n) is 23.4. The molecule has 4 atom stereocenters. The highest BCUT2D eigenvalue weighted by molar-refractivity contribution is 6.08. The van der Waals surface area contributed by atoms with Crippen LogP contribution in [0.15, 0.2) is 11.0 Å². The molecule has 5 rings (SSSR count). The standard InChI is InChI=1S/C28H33F3N4O6/c1-12-22-19(24(37)14(25(38)39)11-34(22)18-8-16(18)29)21(33-13(2)36)20(31)23(12)35(26(40)41-27(3,4)5)28(6-7-28)15-9-32-10-17(15)30/h11,15-18,32H,6-10H2,1-5H3,(H,33,36)(H,38,39)/t15-,16-,17+,18+/m0/s1. The summed E-state index contributed by atoms with van der Waals surface area (Å²) >= 11 is 0. The molecular formula is C28H33F3N4O6. The number of benzene rings is 1. The topological polar surface area (TPSA) is 130 Å². The van der Waals surface area contributed by atoms with Crippen molar-refractivity contribution in [1.82, 2.24) is 9.88 Å². The van der Waals surface area contributed by atoms with Gasteiger partial charge in [-0.3, -0.25) is 14.5 Å². The van der Waals surface area contributed by atoms with Gasteiger partial charge in [-0.05, 0) is 40.5 Å². The van der Waals surface area contributed by atoms with E-state index in [1.54, 1.807) is 20.8 Å². The van der Waals surface area contributed by atoms with E-state index in [1.807, 2.05) is 0 Å². The Hall–Kier alpha value is -3.61. The van der Waals surface area contributed by atoms with E-state index in [-0.39, 0.29) is 36.3 Å². The zero-order valence-corrected chi connectivity index (χ0v) is 23.4. The summed E-state index contributed by atoms with van der Waals surface area (Å²) in [5.74, 6) is -4.26. The number of fused-ring (bicyclic) bond motifs is 1. The van der Waals surface area contributed by atoms with Crippen molar-refractivity contribution in [2.75, 3.05) is 23.3 Å². The average molecular weight is 579 g/mol. The summed E-state index contributed by atoms with van der Waals surface area (Å²) in [5, 5.41) is 14.5. The highest BCUT2D eigenvalue weighted by atomic mass is 19.1. The van der Waals surface area contributed by atoms with Crippen molar-refractivity contribution in [3.63, 3.8) is 0 Å². The highest BCUT2D eigenvalue weighted by Crippen LogP contribution is 2.55. The first-order valence-corrected chi connectivity index (χ1v) is 13.5. The summed E-state index contributed by atoms with van der Waals surface area (Å²) in [7, 11) is 0. The molecule has 10 nitrogen and oxygen atoms in total. The van der Waals surface area contributed by atoms with Gasteiger partial charge in [0.15, 0.2) is 5.82 Å². The van der Waals surface area contributed by atoms with E-state index in [2.05, 4.69) is 10.6 Å². The second-order valence-electron chi connectivity index (χ2n) is 12.2. The predicted molar refractivity (Wildman–Crippen MR) is 145 cm³/mol. The van der Waals surface area contributed by atoms with Crippen LogP contribution in [0.3, 0.4) is 0 Å². The van der Waals surface area contributed by atoms with Gasteiger partial charge in [0.05, 0.1) is 33.9 Å². The van der Waals surface area contributed by atoms with Gasteiger partial charge in [-0.2, -0.15) is 0 Å². The molecule has 13 heteroatoms. The van der Waals surface area contributed by atoms with Crippen LogP contribution in [0, 0.1) is 18.7 Å². The molecule has 1 aromatic heterocycles. The quantitative estimate of drug-likeness (QED) is 0.468. The molecule has 3 N–H and O–H groups in total. The number of rotatable bonds is 6. The Morgan fingerprint density at radius 1 is 1.20 bits per heavy atom. The van der Waals surface area contributed by atoms with E-state index in [0.717, 1.165) is 18.0 Å². The second kappa shape index (κ2) is 9.74. The van der Waals surface area contributed by atoms with E-state index >= 15 is 8.78 Å². The fourth-order valence-corrected chi connectivity index (χ4v) is 6.03. The van der Waals surface area contributed by atoms with Crippen LogP contribution < -0.4 is 21.0 Å². The van der Waals surface area contributed by atoms with Gasteiger partial charge in [0.1, 0.15) is 23.5 Å². The van der Waals surface area contributed by atoms with E-state index in [0.29, 0.717) is 12.8 Å². The van der Waals surface area contributed by atoms with Gasteiger partial charge in [0.2, 0.25) is 11.3 Å². The number of alkyl halides is 2. The third-order valence-electron chi connectivity index (χ3n) is 8.03. The predicted octanol–water partition coefficient (Wildman–Crippen LogP) is 4.22. The van der Waals surface area contributed by atoms with Gasteiger partial charge in [-0.1, -0.05) is 0 Å². The molecule has 3 fully saturated rings. The minimum atomic E-state index is -1.60. The number of carbonyl (C=O) groups is 3. The molecule has 1 aliphatic heterocycles. The molecule has 0 bridgehead atoms. The van der Waals surface area contributed by atoms with E-state index in [4.69, 9.17) is 4.74 Å². The first-order valence-electron chi connectivity index (χ1n) is 13.5. The van der Waals surface area contributed by atoms with Gasteiger partial charge in [-0.15, -0.1) is 0 Å². The lowest BCUT2D eigenvalue weighted by atomic mass is 9.91. The number of nitrogens with one attached hydrogen (secondary N) is 2. The smallest absolute Gasteiger partial charge is 0.415 e. The summed E-state index contributed by atoms with van der Waals surface area (Å²) in [6.07, 6.45) is -1.93. The highest BCUT2D eigenvalue weighted by Gasteiger charge is 2.61. The Bertz CT molecular complexity index is 1530. The molecule has 1 aromatic carbocycles. The zero-order chi connectivity index (χ0) is 30.2. The summed E-state index contributed by atoms with van der Waals surface area (Å²) in [6.45, 7) is 7.68. The molecule has 0 spiro atoms. The Kier molecular flexibility index (Phi) is 6.87. The minimum absolute atomic E-state index is 0.0235. The lowest BCUT2D eigenvalue weighted by Crippen LogP contribution is -2.52. The maximum Gasteiger partial charge on any atom is 0.415 e. The maximum atomic E-state index is 16.8. The third-order valence-corrected chi connectivity index (χ3v) is 8.03. The number of halogens is 3. The Morgan fingerprint density at radius 2 is 1.83 bits per heavy atom. The van der Waals surface area contributed by atoms with Crippen molar-refractivity contribution in [3.05, 3.63) is 33.4 Å². The normalized spacial score (nSPS) is 24.7. The average Bonchev–Trinajstić information content (AvgIpc) is 3.75. The molecule has 1 saturated heterocycles. The number of carbonyl (C=O) groups excluding carboxylic acids is 2. The molecule has 41 heavy (non-hydrogen) atoms. The number of ether oxygens (including phenoxy) is 1. The largest absolute Gasteiger partial charge is 0.477 e. The van der Waals surface area contributed by atoms with Crippen LogP contribution in [0.25, 0.3) is 10.9 Å². The molecular weight excluding hydrogens is 545 g/mol. The summed E-state index contributed by atoms with van der Waals surface area (Å²) in [6, 6.07) is -0.850. The van der Waals surface area contributed by atoms with Gasteiger partial charge in [0.25, 0.3) is 0 Å². The van der Waals surface area contributed by atoms with Crippen molar-refractivity contribution in [2.24, 2.45) is 5.92 Å². The molecule has 0 radical (unpaired) electrons. The fraction of sp³-hybridized carbons (Fsp3) is 0.571. The van der Waals surface area contributed by atoms with Crippen LogP contribution in [0.4, 0.5) is 29.3 Å². The summed E-state index contributed by atoms with van der Waals surface area (Å²) in [4.78, 5) is 52.6. The number of carboxylic acid groups (broad SMARTS) is 1. The Balaban J connectivity index is 1.88. The SMILES string of the molecule is CC(=O)Nc1c(F)c(N(C(=O)OC(C)(C)C)C2([C@H]3CNC[C@H]3F)CC2)c(C)c2c1c(=O)c(C(=O)O)cn2[C@@H]1C[C@@H]1F. The second-order valence-corrected chi connectivity index (χ2v) is 12.2. The number of anilines is 2. The Labute approximate surface area is 233 Å². The molecule has 2 aromatic rings. The van der Waals surface area contributed by atoms with Gasteiger partial charge < -0.3 is 25.0 Å². The summed E-state index contributed by atoms with van der Waals surface area (Å²) < 4.78 is 53.4. The van der Waals surface area contributed by atoms with Crippen LogP contribution in [0.5, 0.6) is 0 Å². The number of nitrogens with zero attached hydrogens (tertiary/aromatic N) is 2. The van der Waals surface area contributed by atoms with Gasteiger partial charge in [0, 0.05) is 44.1 Å². The van der Waals surface area contributed by atoms with Gasteiger partial charge >= 0.3 is 12.1 Å². The van der Waals surface area contributed by atoms with Crippen LogP contribution in [0.1, 0.15) is 68.9 Å². The Morgan fingerprint density at radius 3 is 2.29 bits per heavy atom. The van der Waals surface area contributed by atoms with E-state index in [1.165, 1.54) is 11.5 Å². The number of carboxylic acids is 1. The van der Waals surface area contributed by atoms with Crippen molar-refractivity contribution in [1.29, 1.82) is 0 Å². The number of hydrogen-bond donors (Lipinski definition) is 3. The minimum Gasteiger partial charge on any atom is -0.477 e. The number of aromatic nitrogens is 1. The molecule has 222 valence electrons. The first kappa shape index (κ1) is 28.9. The number of pyridine rings is 1. The summed E-state index contributed by atoms with van der Waals surface area (Å²) in [5.41, 5.74) is -4.98. The number of amides is 2. The van der Waals surface area contributed by atoms with Crippen molar-refractivity contribution in [2.45, 2.75) is 83.4 Å². The van der Waals surface area contributed by atoms with E-state index in [9.17, 15) is 28.7 Å². The monoisotopic (exact) mass is 578 g/mol. The lowest BCUT2D eigenvalue weighted by molar-refractivity contribution is -0.114. The van der Waals surface area contributed by atoms with Gasteiger partial charge in [-0.25, -0.2) is 22.8 Å². The number of aromatic carboxylic acids is 1. The first-order chi connectivity index (χ1) is 19.1. The number of hydrogen-bond acceptors (Lipinski definition) is 6. The van der Waals surface area contributed by atoms with Crippen LogP contribution in [-0.4, -0.2) is 64.2 Å². The van der Waals surface area contributed by atoms with Crippen molar-refractivity contribution >= 4 is 40.2 Å². The molecule has 3 aliphatic rings. The molecule has 2 heterocycles. The molecule has 2 saturated carbocycles. The van der Waals surface area contributed by atoms with Crippen LogP contribution in [0.2, 0.25) is 0 Å².